The number of methoxy groups -OCH3 is 1. The van der Waals surface area contributed by atoms with Crippen molar-refractivity contribution in [2.45, 2.75) is 13.8 Å². The molecule has 0 amide bonds. The number of halogens is 1. The molecule has 88 valence electrons. The average molecular weight is 242 g/mol. The van der Waals surface area contributed by atoms with Crippen LogP contribution in [0.3, 0.4) is 0 Å². The first kappa shape index (κ1) is 12.8. The third kappa shape index (κ3) is 3.38. The quantitative estimate of drug-likeness (QED) is 0.582. The number of hydrogen-bond acceptors (Lipinski definition) is 3. The van der Waals surface area contributed by atoms with E-state index in [1.807, 2.05) is 18.9 Å². The molecule has 1 rings (SSSR count). The molecule has 0 heterocycles. The van der Waals surface area contributed by atoms with Crippen LogP contribution in [0.4, 0.5) is 5.69 Å². The maximum atomic E-state index is 6.00. The maximum Gasteiger partial charge on any atom is 0.121 e. The first-order chi connectivity index (χ1) is 7.71. The molecule has 0 bridgehead atoms. The predicted octanol–water partition coefficient (Wildman–Crippen LogP) is 3.69. The second kappa shape index (κ2) is 6.33. The van der Waals surface area contributed by atoms with Gasteiger partial charge in [-0.15, -0.1) is 5.11 Å². The Morgan fingerprint density at radius 2 is 2.00 bits per heavy atom. The summed E-state index contributed by atoms with van der Waals surface area (Å²) < 4.78 is 5.10. The molecule has 0 unspecified atom stereocenters. The largest absolute Gasteiger partial charge is 0.497 e. The minimum absolute atomic E-state index is 0.566. The van der Waals surface area contributed by atoms with Crippen LogP contribution in [0.1, 0.15) is 13.8 Å². The van der Waals surface area contributed by atoms with Crippen molar-refractivity contribution in [3.63, 3.8) is 0 Å². The summed E-state index contributed by atoms with van der Waals surface area (Å²) in [7, 11) is 1.61. The lowest BCUT2D eigenvalue weighted by Crippen LogP contribution is -2.14. The Labute approximate surface area is 101 Å². The van der Waals surface area contributed by atoms with Crippen LogP contribution in [0.5, 0.6) is 5.75 Å². The lowest BCUT2D eigenvalue weighted by Gasteiger charge is -2.11. The molecule has 0 aromatic heterocycles. The van der Waals surface area contributed by atoms with Gasteiger partial charge in [-0.1, -0.05) is 16.8 Å². The normalized spacial score (nSPS) is 10.8. The van der Waals surface area contributed by atoms with E-state index in [0.29, 0.717) is 10.7 Å². The highest BCUT2D eigenvalue weighted by Gasteiger charge is 2.01. The van der Waals surface area contributed by atoms with Gasteiger partial charge in [0.2, 0.25) is 0 Å². The Morgan fingerprint density at radius 3 is 2.56 bits per heavy atom. The first-order valence-electron chi connectivity index (χ1n) is 5.21. The van der Waals surface area contributed by atoms with E-state index >= 15 is 0 Å². The highest BCUT2D eigenvalue weighted by molar-refractivity contribution is 6.33. The minimum Gasteiger partial charge on any atom is -0.497 e. The van der Waals surface area contributed by atoms with Gasteiger partial charge < -0.3 is 4.74 Å². The molecule has 0 aliphatic rings. The predicted molar refractivity (Wildman–Crippen MR) is 65.4 cm³/mol. The summed E-state index contributed by atoms with van der Waals surface area (Å²) in [5.41, 5.74) is 0.618. The minimum atomic E-state index is 0.566. The van der Waals surface area contributed by atoms with E-state index in [-0.39, 0.29) is 0 Å². The summed E-state index contributed by atoms with van der Waals surface area (Å²) in [5.74, 6) is 0.720. The molecule has 1 aromatic rings. The van der Waals surface area contributed by atoms with Gasteiger partial charge in [-0.3, -0.25) is 5.01 Å². The number of benzene rings is 1. The fourth-order valence-corrected chi connectivity index (χ4v) is 1.31. The number of ether oxygens (including phenoxy) is 1. The van der Waals surface area contributed by atoms with E-state index < -0.39 is 0 Å². The zero-order valence-corrected chi connectivity index (χ0v) is 10.5. The summed E-state index contributed by atoms with van der Waals surface area (Å²) in [6.07, 6.45) is 0. The fourth-order valence-electron chi connectivity index (χ4n) is 1.16. The lowest BCUT2D eigenvalue weighted by atomic mass is 10.3. The van der Waals surface area contributed by atoms with Crippen LogP contribution in [0.15, 0.2) is 28.5 Å². The summed E-state index contributed by atoms with van der Waals surface area (Å²) in [4.78, 5) is 0. The summed E-state index contributed by atoms with van der Waals surface area (Å²) in [5, 5.41) is 10.6. The topological polar surface area (TPSA) is 37.2 Å². The molecular weight excluding hydrogens is 226 g/mol. The van der Waals surface area contributed by atoms with Gasteiger partial charge in [0.25, 0.3) is 0 Å². The molecule has 0 saturated carbocycles. The molecule has 0 fully saturated rings. The van der Waals surface area contributed by atoms with Gasteiger partial charge in [0.15, 0.2) is 0 Å². The van der Waals surface area contributed by atoms with Gasteiger partial charge in [0.1, 0.15) is 11.4 Å². The molecule has 4 nitrogen and oxygen atoms in total. The SMILES string of the molecule is CCN(CC)/N=N/c1cc(OC)ccc1Cl. The summed E-state index contributed by atoms with van der Waals surface area (Å²) in [6, 6.07) is 5.30. The Kier molecular flexibility index (Phi) is 5.05. The second-order valence-corrected chi connectivity index (χ2v) is 3.55. The molecule has 0 radical (unpaired) electrons. The van der Waals surface area contributed by atoms with Crippen LogP contribution in [0, 0.1) is 0 Å². The Morgan fingerprint density at radius 1 is 1.31 bits per heavy atom. The molecule has 1 aromatic carbocycles. The third-order valence-electron chi connectivity index (χ3n) is 2.16. The summed E-state index contributed by atoms with van der Waals surface area (Å²) >= 11 is 6.00. The van der Waals surface area contributed by atoms with Crippen LogP contribution < -0.4 is 4.74 Å². The average Bonchev–Trinajstić information content (AvgIpc) is 2.32. The van der Waals surface area contributed by atoms with Crippen molar-refractivity contribution in [2.24, 2.45) is 10.3 Å². The molecule has 0 N–H and O–H groups in total. The van der Waals surface area contributed by atoms with Crippen molar-refractivity contribution >= 4 is 17.3 Å². The van der Waals surface area contributed by atoms with Gasteiger partial charge >= 0.3 is 0 Å². The van der Waals surface area contributed by atoms with Crippen molar-refractivity contribution in [1.29, 1.82) is 0 Å². The van der Waals surface area contributed by atoms with E-state index in [9.17, 15) is 0 Å². The molecule has 0 atom stereocenters. The standard InChI is InChI=1S/C11H16ClN3O/c1-4-15(5-2)14-13-11-8-9(16-3)6-7-10(11)12/h6-8H,4-5H2,1-3H3/b14-13+. The summed E-state index contributed by atoms with van der Waals surface area (Å²) in [6.45, 7) is 5.69. The van der Waals surface area contributed by atoms with E-state index in [0.717, 1.165) is 18.8 Å². The molecule has 16 heavy (non-hydrogen) atoms. The van der Waals surface area contributed by atoms with Gasteiger partial charge in [-0.2, -0.15) is 0 Å². The van der Waals surface area contributed by atoms with Gasteiger partial charge in [0, 0.05) is 19.2 Å². The van der Waals surface area contributed by atoms with Gasteiger partial charge in [-0.05, 0) is 26.0 Å². The molecular formula is C11H16ClN3O. The van der Waals surface area contributed by atoms with Crippen LogP contribution >= 0.6 is 11.6 Å². The van der Waals surface area contributed by atoms with E-state index in [2.05, 4.69) is 10.3 Å². The Bertz CT molecular complexity index is 364. The van der Waals surface area contributed by atoms with Crippen molar-refractivity contribution in [1.82, 2.24) is 5.01 Å². The second-order valence-electron chi connectivity index (χ2n) is 3.15. The maximum absolute atomic E-state index is 6.00. The Balaban J connectivity index is 2.86. The van der Waals surface area contributed by atoms with Crippen LogP contribution in [-0.4, -0.2) is 25.2 Å². The van der Waals surface area contributed by atoms with Gasteiger partial charge in [0.05, 0.1) is 12.1 Å². The highest BCUT2D eigenvalue weighted by Crippen LogP contribution is 2.29. The molecule has 0 aliphatic heterocycles. The smallest absolute Gasteiger partial charge is 0.121 e. The lowest BCUT2D eigenvalue weighted by molar-refractivity contribution is 0.300. The van der Waals surface area contributed by atoms with Crippen LogP contribution in [-0.2, 0) is 0 Å². The fraction of sp³-hybridized carbons (Fsp3) is 0.455. The zero-order valence-electron chi connectivity index (χ0n) is 9.77. The first-order valence-corrected chi connectivity index (χ1v) is 5.59. The van der Waals surface area contributed by atoms with E-state index in [4.69, 9.17) is 16.3 Å². The van der Waals surface area contributed by atoms with Crippen molar-refractivity contribution in [3.05, 3.63) is 23.2 Å². The number of hydrogen-bond donors (Lipinski definition) is 0. The third-order valence-corrected chi connectivity index (χ3v) is 2.48. The van der Waals surface area contributed by atoms with Crippen molar-refractivity contribution < 1.29 is 4.74 Å². The van der Waals surface area contributed by atoms with E-state index in [1.54, 1.807) is 25.3 Å². The number of nitrogens with zero attached hydrogens (tertiary/aromatic N) is 3. The monoisotopic (exact) mass is 241 g/mol. The Hall–Kier alpha value is -1.29. The van der Waals surface area contributed by atoms with Crippen molar-refractivity contribution in [3.8, 4) is 5.75 Å². The van der Waals surface area contributed by atoms with E-state index in [1.165, 1.54) is 0 Å². The zero-order chi connectivity index (χ0) is 12.0. The van der Waals surface area contributed by atoms with Crippen LogP contribution in [0.2, 0.25) is 5.02 Å². The molecule has 0 spiro atoms. The molecule has 5 heteroatoms. The number of rotatable bonds is 5. The van der Waals surface area contributed by atoms with Crippen molar-refractivity contribution in [2.75, 3.05) is 20.2 Å². The molecule has 0 aliphatic carbocycles. The van der Waals surface area contributed by atoms with Crippen LogP contribution in [0.25, 0.3) is 0 Å². The van der Waals surface area contributed by atoms with Gasteiger partial charge in [-0.25, -0.2) is 0 Å². The highest BCUT2D eigenvalue weighted by atomic mass is 35.5. The molecule has 0 saturated heterocycles.